The van der Waals surface area contributed by atoms with E-state index in [1.54, 1.807) is 76.7 Å². The Morgan fingerprint density at radius 3 is 1.24 bits per heavy atom. The van der Waals surface area contributed by atoms with Crippen LogP contribution in [0.4, 0.5) is 19.2 Å². The smallest absolute Gasteiger partial charge is 0.312 e. The molecule has 0 saturated carbocycles. The number of rotatable bonds is 49. The van der Waals surface area contributed by atoms with Crippen LogP contribution in [0.2, 0.25) is 0 Å². The Hall–Kier alpha value is -3.45. The molecule has 3 aliphatic rings. The maximum Gasteiger partial charge on any atom is 1.00 e. The van der Waals surface area contributed by atoms with Crippen LogP contribution in [-0.2, 0) is 83.6 Å². The predicted octanol–water partition coefficient (Wildman–Crippen LogP) is 11.6. The van der Waals surface area contributed by atoms with Gasteiger partial charge in [0.15, 0.2) is 0 Å². The number of carboxylic acid groups (broad SMARTS) is 1. The maximum absolute atomic E-state index is 14.4. The van der Waals surface area contributed by atoms with E-state index in [0.717, 1.165) is 106 Å². The van der Waals surface area contributed by atoms with E-state index >= 15 is 0 Å². The van der Waals surface area contributed by atoms with Crippen molar-refractivity contribution in [2.75, 3.05) is 159 Å². The Morgan fingerprint density at radius 1 is 0.524 bits per heavy atom. The number of hydrogen-bond acceptors (Lipinski definition) is 27. The number of urea groups is 3. The summed E-state index contributed by atoms with van der Waals surface area (Å²) in [6, 6.07) is 26.4. The van der Waals surface area contributed by atoms with E-state index in [9.17, 15) is 43.8 Å². The number of nitrogens with one attached hydrogen (secondary N) is 5. The van der Waals surface area contributed by atoms with Crippen molar-refractivity contribution in [3.63, 3.8) is 0 Å². The Bertz CT molecular complexity index is 4740. The monoisotopic (exact) mass is 2820 g/mol. The van der Waals surface area contributed by atoms with Crippen LogP contribution in [0.25, 0.3) is 0 Å². The fourth-order valence-corrected chi connectivity index (χ4v) is 18.5. The van der Waals surface area contributed by atoms with Crippen molar-refractivity contribution in [3.05, 3.63) is 179 Å². The molecule has 3 aliphatic heterocycles. The molecule has 4 aromatic heterocycles. The van der Waals surface area contributed by atoms with Crippen LogP contribution in [0.3, 0.4) is 0 Å². The fourth-order valence-electron chi connectivity index (χ4n) is 15.5. The summed E-state index contributed by atoms with van der Waals surface area (Å²) in [5, 5.41) is 48.3. The molecule has 3 aromatic carbocycles. The third kappa shape index (κ3) is 60.0. The normalized spacial score (nSPS) is 14.8. The Balaban J connectivity index is 0.000000528. The zero-order valence-corrected chi connectivity index (χ0v) is 109. The molecule has 9 amide bonds. The van der Waals surface area contributed by atoms with E-state index in [2.05, 4.69) is 261 Å². The number of amides is 9. The van der Waals surface area contributed by atoms with Gasteiger partial charge in [0.05, 0.1) is 127 Å². The van der Waals surface area contributed by atoms with Crippen molar-refractivity contribution in [2.24, 2.45) is 28.7 Å². The van der Waals surface area contributed by atoms with Gasteiger partial charge in [-0.1, -0.05) is 188 Å². The Labute approximate surface area is 1000 Å². The minimum absolute atomic E-state index is 0. The molecule has 1 unspecified atom stereocenters. The van der Waals surface area contributed by atoms with E-state index in [1.165, 1.54) is 34.6 Å². The summed E-state index contributed by atoms with van der Waals surface area (Å²) in [6.07, 6.45) is 6.33. The van der Waals surface area contributed by atoms with Gasteiger partial charge in [0, 0.05) is 202 Å². The van der Waals surface area contributed by atoms with Crippen molar-refractivity contribution in [1.82, 2.24) is 85.7 Å². The largest absolute Gasteiger partial charge is 1.00 e. The van der Waals surface area contributed by atoms with E-state index in [0.29, 0.717) is 187 Å². The number of hydrogen-bond donors (Lipinski definition) is 5. The van der Waals surface area contributed by atoms with Crippen LogP contribution in [0.5, 0.6) is 0 Å². The molecule has 10 rings (SSSR count). The van der Waals surface area contributed by atoms with Crippen molar-refractivity contribution in [2.45, 2.75) is 241 Å². The summed E-state index contributed by atoms with van der Waals surface area (Å²) < 4.78 is 27.3. The number of alkyl carbamates (subject to hydrolysis) is 1. The quantitative estimate of drug-likeness (QED) is 0.00590. The average molecular weight is 2820 g/mol. The van der Waals surface area contributed by atoms with Crippen molar-refractivity contribution in [1.29, 1.82) is 0 Å². The summed E-state index contributed by atoms with van der Waals surface area (Å²) in [7, 11) is 5.08. The second-order valence-corrected chi connectivity index (χ2v) is 59.4. The molecule has 0 bridgehead atoms. The number of aromatic nitrogens is 4. The number of halogens is 6. The van der Waals surface area contributed by atoms with E-state index in [4.69, 9.17) is 23.7 Å². The molecule has 0 spiro atoms. The molecule has 820 valence electrons. The number of benzene rings is 3. The number of ether oxygens (including phenoxy) is 5. The molecule has 7 aromatic rings. The second-order valence-electron chi connectivity index (χ2n) is 39.5. The molecule has 0 aliphatic carbocycles. The van der Waals surface area contributed by atoms with Crippen molar-refractivity contribution < 1.29 is 132 Å². The molecule has 7 heterocycles. The molecule has 5 N–H and O–H groups in total. The van der Waals surface area contributed by atoms with Crippen molar-refractivity contribution in [3.8, 4) is 0 Å². The van der Waals surface area contributed by atoms with Gasteiger partial charge in [0.25, 0.3) is 0 Å². The summed E-state index contributed by atoms with van der Waals surface area (Å²) in [5.41, 5.74) is 7.07. The summed E-state index contributed by atoms with van der Waals surface area (Å²) in [6.45, 7) is 50.4. The van der Waals surface area contributed by atoms with Crippen LogP contribution in [0.15, 0.2) is 124 Å². The number of aliphatic imine (C=N–C) groups is 1. The van der Waals surface area contributed by atoms with Gasteiger partial charge < -0.3 is 89.8 Å². The van der Waals surface area contributed by atoms with Crippen LogP contribution in [0.1, 0.15) is 214 Å². The molecule has 3 fully saturated rings. The Morgan fingerprint density at radius 2 is 0.891 bits per heavy atom. The first-order valence-electron chi connectivity index (χ1n) is 50.2. The number of carbonyl (C=O) groups excluding carboxylic acids is 7. The van der Waals surface area contributed by atoms with Gasteiger partial charge in [-0.3, -0.25) is 34.3 Å². The number of morpholine rings is 3. The number of thiazole rings is 4. The van der Waals surface area contributed by atoms with E-state index < -0.39 is 47.9 Å². The SMILES string of the molecule is CC(C)CN(CC[C@H](Cc1ccccc1)N=C([O-])OC(C)(C)C)C(=O)[C@H](CCN1CCOCC1)NC(=O)N(C)Cc1csc(C(C)C)n1.CC(C)CN(CC[C@H](Cc1ccccc1)NC(=O)OCc1cncs1)C(=O)[C@H](CCN1CCOCC1)NC(=O)N(C)Cc1csc(C(C)C)n1.CC(C)c1nc(CN(C)C(=O)N[C@@H](CCN2CCOCC2)C(=O)[O-])cs1.I.II.I[I-]I.[CH2+]C(C)CNCC[C@@H](C)Cc1ccccc1.[K+]. The standard InChI is InChI=1S/C36H53N7O5S2.C36H58N6O5S.C17H28N4O4S.C15H24N.I3.I2.HI.K/c1-26(2)21-43(14-11-29(19-28-9-7-6-8-10-28)39-36(46)48-23-31-20-37-25-50-31)34(44)32(12-13-42-15-17-47-18-16-42)40-35(45)41(5)22-30-24-49-33(38-30)27(3)4;1-26(2)23-42(17-14-29(22-28-12-10-9-11-13-28)38-35(45)47-36(5,6)7)33(43)31(15-16-41-18-20-46-21-19-41)39-34(44)40(8)24-30-25-48-32(37-30)27(3)4;1-12(2)15-18-13(11-26-15)10-20(3)17(24)19-14(16(22)23)4-5-21-6-8-25-9-7-21;1-13(2)12-16-10-9-14(3)11-15-7-5-4-6-8-15;1-3-2;1-2;;/h6-10,20,24-27,29,32H,11-19,21-23H2,1-5H3,(H,39,46)(H,40,45);9-13,25-27,29,31H,14-24H2,1-8H3,(H,38,45)(H,39,44);11-12,14H,4-10H2,1-3H3,(H,19,24)(H,22,23);4-8,13-14,16H,1,9-12H2,2-3H3;;;1H;/q;;;+1;-1;;;+1/p-2/t29-,32+;29-,31+;14-;13?,14-;;;;/m1101..../s1. The summed E-state index contributed by atoms with van der Waals surface area (Å²) in [4.78, 5) is 131. The summed E-state index contributed by atoms with van der Waals surface area (Å²) >= 11 is 15.7. The first-order valence-corrected chi connectivity index (χ1v) is 72.6. The zero-order chi connectivity index (χ0) is 107. The van der Waals surface area contributed by atoms with Crippen LogP contribution < -0.4 is 101 Å². The number of nitrogens with zero attached hydrogens (tertiary/aromatic N) is 13. The third-order valence-electron chi connectivity index (χ3n) is 23.2. The van der Waals surface area contributed by atoms with Gasteiger partial charge in [-0.2, -0.15) is 0 Å². The third-order valence-corrected chi connectivity index (χ3v) is 27.5. The van der Waals surface area contributed by atoms with Crippen LogP contribution in [0, 0.1) is 30.6 Å². The molecule has 43 heteroatoms. The minimum Gasteiger partial charge on any atom is -0.312 e. The van der Waals surface area contributed by atoms with Crippen LogP contribution >= 0.6 is 144 Å². The zero-order valence-electron chi connectivity index (χ0n) is 89.7. The molecule has 0 radical (unpaired) electrons. The molecular formula is C104H162I6KN18O14S4-. The Kier molecular flexibility index (Phi) is 73.7. The fraction of sp³-hybridized carbons (Fsp3) is 0.625. The average Bonchev–Trinajstić information content (AvgIpc) is 1.24. The van der Waals surface area contributed by atoms with E-state index in [-0.39, 0.29) is 130 Å². The summed E-state index contributed by atoms with van der Waals surface area (Å²) in [5.74, 6) is 1.09. The number of carbonyl (C=O) groups is 7. The number of aliphatic carboxylic acids is 1. The second kappa shape index (κ2) is 78.7. The number of carboxylic acids is 1. The van der Waals surface area contributed by atoms with Gasteiger partial charge in [-0.25, -0.2) is 34.1 Å². The maximum atomic E-state index is 14.4. The van der Waals surface area contributed by atoms with Crippen molar-refractivity contribution >= 4 is 192 Å². The molecule has 7 atom stereocenters. The first-order chi connectivity index (χ1) is 69.2. The molecule has 3 saturated heterocycles. The van der Waals surface area contributed by atoms with Gasteiger partial charge >= 0.3 is 126 Å². The van der Waals surface area contributed by atoms with Crippen LogP contribution in [-0.4, -0.2) is 302 Å². The van der Waals surface area contributed by atoms with Gasteiger partial charge in [0.1, 0.15) is 30.7 Å². The van der Waals surface area contributed by atoms with Gasteiger partial charge in [-0.15, -0.1) is 69.3 Å². The first kappa shape index (κ1) is 138. The topological polar surface area (TPSA) is 362 Å². The molecule has 32 nitrogen and oxygen atoms in total. The predicted molar refractivity (Wildman–Crippen MR) is 627 cm³/mol. The minimum atomic E-state index is -1.27. The molecular weight excluding hydrogens is 2650 g/mol. The van der Waals surface area contributed by atoms with Gasteiger partial charge in [-0.05, 0) is 106 Å². The van der Waals surface area contributed by atoms with Gasteiger partial charge in [0.2, 0.25) is 11.8 Å². The molecule has 147 heavy (non-hydrogen) atoms. The van der Waals surface area contributed by atoms with E-state index in [1.807, 2.05) is 107 Å².